The number of piperazine rings is 1. The van der Waals surface area contributed by atoms with Gasteiger partial charge >= 0.3 is 37.1 Å². The van der Waals surface area contributed by atoms with E-state index in [4.69, 9.17) is 9.47 Å². The second-order valence-corrected chi connectivity index (χ2v) is 24.4. The molecule has 3 aliphatic heterocycles. The highest BCUT2D eigenvalue weighted by Gasteiger charge is 2.57. The molecule has 0 radical (unpaired) electrons. The highest BCUT2D eigenvalue weighted by atomic mass is 19.4. The molecule has 3 fully saturated rings. The maximum absolute atomic E-state index is 16.5. The molecule has 0 aliphatic carbocycles. The number of alkyl halides is 8. The lowest BCUT2D eigenvalue weighted by molar-refractivity contribution is -0.870. The molecule has 7 rings (SSSR count). The second-order valence-electron chi connectivity index (χ2n) is 24.4. The van der Waals surface area contributed by atoms with Crippen molar-refractivity contribution in [3.05, 3.63) is 94.9 Å². The van der Waals surface area contributed by atoms with E-state index >= 15 is 8.78 Å². The summed E-state index contributed by atoms with van der Waals surface area (Å²) in [5.41, 5.74) is -4.65. The summed E-state index contributed by atoms with van der Waals surface area (Å²) in [4.78, 5) is 82.4. The van der Waals surface area contributed by atoms with E-state index in [-0.39, 0.29) is 34.3 Å². The number of nitrogens with zero attached hydrogens (tertiary/aromatic N) is 8. The van der Waals surface area contributed by atoms with Gasteiger partial charge in [0.1, 0.15) is 29.8 Å². The zero-order chi connectivity index (χ0) is 66.3. The molecule has 21 nitrogen and oxygen atoms in total. The molecular weight excluding hydrogens is 1210 g/mol. The predicted octanol–water partition coefficient (Wildman–Crippen LogP) is 7.05. The van der Waals surface area contributed by atoms with Crippen molar-refractivity contribution in [3.63, 3.8) is 0 Å². The van der Waals surface area contributed by atoms with Gasteiger partial charge in [-0.05, 0) is 82.9 Å². The number of halogens is 10. The van der Waals surface area contributed by atoms with E-state index in [9.17, 15) is 59.1 Å². The number of carbonyl (C=O) groups excluding carboxylic acids is 5. The Balaban J connectivity index is 1.28. The van der Waals surface area contributed by atoms with Crippen LogP contribution in [0.1, 0.15) is 82.2 Å². The van der Waals surface area contributed by atoms with Gasteiger partial charge < -0.3 is 44.3 Å². The number of benzene rings is 2. The number of hydrazine groups is 1. The standard InChI is InChI=1S/C59H72F10N12O9/c1-56(2,58(64,65)66)48(73-54(85)87-8)50(83)72-45(23-35-15-12-34(13-16-35)14-17-36-26-70-53(71-27-36)77-28-38-18-19-39(29-77)80(38)40-32-89-33-40)46(90-47(82)11-10-22-81(5,6)7)31-78(76-51(84)49(74-55(86)88-9)57(3,4)59(67,68)69)30-41-42(60)24-37(25-43(41)61)44-20-21-79(75-44)52(62)63/h12-13,15-16,20-21,24-27,38-40,45-46,48-49,52H,10-11,18-19,22-23,28-33H2,1-9H3,(H3-,72,73,74,76,83,84,85,86)/p+1/t38?,39?,45-,46-,48?,49+/m0/s1. The first-order valence-electron chi connectivity index (χ1n) is 28.6. The quantitative estimate of drug-likeness (QED) is 0.0138. The molecule has 4 N–H and O–H groups in total. The Hall–Kier alpha value is -7.82. The van der Waals surface area contributed by atoms with Gasteiger partial charge in [-0.25, -0.2) is 38.0 Å². The molecule has 4 aromatic rings. The van der Waals surface area contributed by atoms with Crippen molar-refractivity contribution >= 4 is 35.9 Å². The van der Waals surface area contributed by atoms with E-state index in [2.05, 4.69) is 56.9 Å². The summed E-state index contributed by atoms with van der Waals surface area (Å²) in [5, 5.41) is 10.4. The molecular formula is C59H73F10N12O9+. The zero-order valence-electron chi connectivity index (χ0n) is 50.9. The molecule has 5 heterocycles. The van der Waals surface area contributed by atoms with Crippen molar-refractivity contribution in [3.8, 4) is 23.1 Å². The third kappa shape index (κ3) is 17.4. The van der Waals surface area contributed by atoms with Gasteiger partial charge in [-0.1, -0.05) is 24.0 Å². The summed E-state index contributed by atoms with van der Waals surface area (Å²) >= 11 is 0. The van der Waals surface area contributed by atoms with Crippen molar-refractivity contribution in [1.82, 2.24) is 51.0 Å². The summed E-state index contributed by atoms with van der Waals surface area (Å²) in [6.07, 6.45) is -10.1. The van der Waals surface area contributed by atoms with Crippen LogP contribution in [0, 0.1) is 34.3 Å². The molecule has 31 heteroatoms. The highest BCUT2D eigenvalue weighted by molar-refractivity contribution is 5.87. The monoisotopic (exact) mass is 1280 g/mol. The van der Waals surface area contributed by atoms with Crippen molar-refractivity contribution < 1.29 is 91.3 Å². The molecule has 3 aliphatic rings. The van der Waals surface area contributed by atoms with E-state index in [1.54, 1.807) is 12.4 Å². The van der Waals surface area contributed by atoms with E-state index in [0.29, 0.717) is 91.1 Å². The summed E-state index contributed by atoms with van der Waals surface area (Å²) in [6, 6.07) is 2.65. The van der Waals surface area contributed by atoms with Crippen LogP contribution in [-0.2, 0) is 46.3 Å². The molecule has 0 saturated carbocycles. The topological polar surface area (TPSA) is 224 Å². The number of anilines is 1. The maximum atomic E-state index is 16.5. The van der Waals surface area contributed by atoms with Gasteiger partial charge in [-0.15, -0.1) is 0 Å². The summed E-state index contributed by atoms with van der Waals surface area (Å²) in [5.74, 6) is -0.616. The van der Waals surface area contributed by atoms with Gasteiger partial charge in [0.25, 0.3) is 5.91 Å². The summed E-state index contributed by atoms with van der Waals surface area (Å²) < 4.78 is 170. The predicted molar refractivity (Wildman–Crippen MR) is 303 cm³/mol. The molecule has 3 unspecified atom stereocenters. The molecule has 4 amide bonds. The molecule has 6 atom stereocenters. The number of hydrogen-bond acceptors (Lipinski definition) is 15. The average molecular weight is 1280 g/mol. The van der Waals surface area contributed by atoms with Crippen LogP contribution >= 0.6 is 0 Å². The third-order valence-corrected chi connectivity index (χ3v) is 16.1. The average Bonchev–Trinajstić information content (AvgIpc) is 1.58. The fraction of sp³-hybridized carbons (Fsp3) is 0.559. The van der Waals surface area contributed by atoms with Gasteiger partial charge in [0.15, 0.2) is 0 Å². The number of methoxy groups -OCH3 is 2. The zero-order valence-corrected chi connectivity index (χ0v) is 50.9. The van der Waals surface area contributed by atoms with E-state index in [1.165, 1.54) is 24.3 Å². The Labute approximate surface area is 513 Å². The minimum absolute atomic E-state index is 0.136. The minimum atomic E-state index is -5.27. The third-order valence-electron chi connectivity index (χ3n) is 16.1. The number of esters is 1. The van der Waals surface area contributed by atoms with Crippen LogP contribution in [0.2, 0.25) is 0 Å². The van der Waals surface area contributed by atoms with Crippen molar-refractivity contribution in [2.75, 3.05) is 79.7 Å². The molecule has 3 saturated heterocycles. The fourth-order valence-corrected chi connectivity index (χ4v) is 10.6. The largest absolute Gasteiger partial charge is 0.459 e. The highest BCUT2D eigenvalue weighted by Crippen LogP contribution is 2.42. The molecule has 0 spiro atoms. The molecule has 90 heavy (non-hydrogen) atoms. The number of alkyl carbamates (subject to hydrolysis) is 2. The molecule has 492 valence electrons. The molecule has 2 aromatic heterocycles. The Bertz CT molecular complexity index is 3200. The van der Waals surface area contributed by atoms with Gasteiger partial charge in [0.2, 0.25) is 11.9 Å². The van der Waals surface area contributed by atoms with Crippen LogP contribution in [0.3, 0.4) is 0 Å². The number of amides is 4. The van der Waals surface area contributed by atoms with Gasteiger partial charge in [0, 0.05) is 73.4 Å². The number of aromatic nitrogens is 4. The summed E-state index contributed by atoms with van der Waals surface area (Å²) in [7, 11) is 7.04. The van der Waals surface area contributed by atoms with E-state index < -0.39 is 121 Å². The Morgan fingerprint density at radius 2 is 1.31 bits per heavy atom. The van der Waals surface area contributed by atoms with Crippen molar-refractivity contribution in [1.29, 1.82) is 0 Å². The SMILES string of the molecule is COC(=O)NC(C(=O)N[C@@H](Cc1ccc(C#Cc2cnc(N3CC4CCC(C3)N4C3COC3)nc2)cc1)[C@H](CN(Cc1c(F)cc(-c2ccn(C(F)F)n2)cc1F)NC(=O)[C@@H](NC(=O)OC)C(C)(C)C(F)(F)F)OC(=O)CCC[N+](C)(C)C)C(C)(C)C(F)(F)F. The van der Waals surface area contributed by atoms with Crippen LogP contribution in [0.25, 0.3) is 11.3 Å². The second kappa shape index (κ2) is 28.6. The maximum Gasteiger partial charge on any atom is 0.407 e. The lowest BCUT2D eigenvalue weighted by Crippen LogP contribution is -2.64. The van der Waals surface area contributed by atoms with Gasteiger partial charge in [0.05, 0.1) is 102 Å². The number of ether oxygens (including phenoxy) is 4. The van der Waals surface area contributed by atoms with Crippen LogP contribution in [0.4, 0.5) is 59.4 Å². The first-order valence-corrected chi connectivity index (χ1v) is 28.6. The lowest BCUT2D eigenvalue weighted by atomic mass is 9.82. The smallest absolute Gasteiger partial charge is 0.407 e. The van der Waals surface area contributed by atoms with Crippen molar-refractivity contribution in [2.24, 2.45) is 10.8 Å². The fourth-order valence-electron chi connectivity index (χ4n) is 10.6. The Morgan fingerprint density at radius 1 is 0.767 bits per heavy atom. The lowest BCUT2D eigenvalue weighted by Gasteiger charge is -2.47. The number of carbonyl (C=O) groups is 5. The normalized spacial score (nSPS) is 17.9. The van der Waals surface area contributed by atoms with E-state index in [1.807, 2.05) is 31.8 Å². The molecule has 2 bridgehead atoms. The van der Waals surface area contributed by atoms with E-state index in [0.717, 1.165) is 65.6 Å². The van der Waals surface area contributed by atoms with Crippen LogP contribution < -0.4 is 26.3 Å². The Morgan fingerprint density at radius 3 is 1.80 bits per heavy atom. The number of rotatable bonds is 24. The summed E-state index contributed by atoms with van der Waals surface area (Å²) in [6.45, 7) is 0.191. The van der Waals surface area contributed by atoms with Crippen LogP contribution in [0.5, 0.6) is 0 Å². The Kier molecular flexibility index (Phi) is 22.1. The minimum Gasteiger partial charge on any atom is -0.459 e. The van der Waals surface area contributed by atoms with Gasteiger partial charge in [-0.2, -0.15) is 40.2 Å². The van der Waals surface area contributed by atoms with Gasteiger partial charge in [-0.3, -0.25) is 24.7 Å². The first-order chi connectivity index (χ1) is 42.1. The van der Waals surface area contributed by atoms with Crippen LogP contribution in [-0.4, -0.2) is 194 Å². The number of fused-ring (bicyclic) bond motifs is 2. The number of nitrogens with one attached hydrogen (secondary N) is 4. The first kappa shape index (κ1) is 69.7. The molecule has 2 aromatic carbocycles. The van der Waals surface area contributed by atoms with Crippen LogP contribution in [0.15, 0.2) is 61.1 Å². The number of hydrogen-bond donors (Lipinski definition) is 4. The number of quaternary nitrogens is 1. The van der Waals surface area contributed by atoms with Crippen molar-refractivity contribution in [2.45, 2.75) is 128 Å².